The monoisotopic (exact) mass is 335 g/mol. The maximum absolute atomic E-state index is 12.1. The van der Waals surface area contributed by atoms with Gasteiger partial charge in [0.15, 0.2) is 5.78 Å². The molecule has 0 unspecified atom stereocenters. The number of hydrogen-bond donors (Lipinski definition) is 0. The summed E-state index contributed by atoms with van der Waals surface area (Å²) in [5, 5.41) is 9.97. The molecule has 0 amide bonds. The van der Waals surface area contributed by atoms with Gasteiger partial charge in [0, 0.05) is 6.42 Å². The standard InChI is InChI=1S/C23H29NO/c1-14-10-19-18-12-23(8-9-23)20-11-15(25)4-5-17(20)16(18)6-7-21(19,2)22(14,3)13-24/h11,16-19H,1,4-10,12H2,2-3H3/t16-,17-,18-,19+,21+,22+/m1/s1. The Kier molecular flexibility index (Phi) is 2.96. The van der Waals surface area contributed by atoms with E-state index in [-0.39, 0.29) is 10.8 Å². The zero-order chi connectivity index (χ0) is 17.6. The van der Waals surface area contributed by atoms with Gasteiger partial charge >= 0.3 is 0 Å². The zero-order valence-corrected chi connectivity index (χ0v) is 15.6. The smallest absolute Gasteiger partial charge is 0.155 e. The molecule has 0 aromatic carbocycles. The molecule has 0 aromatic rings. The second-order valence-corrected chi connectivity index (χ2v) is 10.1. The van der Waals surface area contributed by atoms with Gasteiger partial charge in [0.25, 0.3) is 0 Å². The Morgan fingerprint density at radius 1 is 1.20 bits per heavy atom. The van der Waals surface area contributed by atoms with Crippen LogP contribution < -0.4 is 0 Å². The minimum Gasteiger partial charge on any atom is -0.295 e. The van der Waals surface area contributed by atoms with E-state index in [4.69, 9.17) is 0 Å². The lowest BCUT2D eigenvalue weighted by molar-refractivity contribution is -0.116. The van der Waals surface area contributed by atoms with E-state index in [1.807, 2.05) is 0 Å². The summed E-state index contributed by atoms with van der Waals surface area (Å²) >= 11 is 0. The predicted octanol–water partition coefficient (Wildman–Crippen LogP) is 5.21. The van der Waals surface area contributed by atoms with E-state index in [2.05, 4.69) is 32.6 Å². The van der Waals surface area contributed by atoms with Gasteiger partial charge in [-0.1, -0.05) is 24.6 Å². The highest BCUT2D eigenvalue weighted by Crippen LogP contribution is 2.73. The van der Waals surface area contributed by atoms with Gasteiger partial charge in [-0.2, -0.15) is 5.26 Å². The third-order valence-corrected chi connectivity index (χ3v) is 9.45. The molecule has 2 nitrogen and oxygen atoms in total. The summed E-state index contributed by atoms with van der Waals surface area (Å²) in [6, 6.07) is 2.67. The third-order valence-electron chi connectivity index (χ3n) is 9.45. The molecule has 0 aromatic heterocycles. The van der Waals surface area contributed by atoms with Crippen LogP contribution in [-0.2, 0) is 4.79 Å². The summed E-state index contributed by atoms with van der Waals surface area (Å²) in [6.45, 7) is 8.88. The van der Waals surface area contributed by atoms with E-state index in [1.165, 1.54) is 36.8 Å². The number of allylic oxidation sites excluding steroid dienone is 2. The molecule has 2 heteroatoms. The van der Waals surface area contributed by atoms with Crippen LogP contribution in [0.15, 0.2) is 23.8 Å². The van der Waals surface area contributed by atoms with E-state index < -0.39 is 0 Å². The van der Waals surface area contributed by atoms with Crippen molar-refractivity contribution in [3.63, 3.8) is 0 Å². The molecular weight excluding hydrogens is 306 g/mol. The summed E-state index contributed by atoms with van der Waals surface area (Å²) in [5.41, 5.74) is 2.79. The first-order chi connectivity index (χ1) is 11.8. The Balaban J connectivity index is 1.57. The number of hydrogen-bond acceptors (Lipinski definition) is 2. The van der Waals surface area contributed by atoms with E-state index in [0.717, 1.165) is 37.5 Å². The molecule has 4 saturated carbocycles. The molecule has 6 atom stereocenters. The minimum atomic E-state index is -0.363. The van der Waals surface area contributed by atoms with Crippen molar-refractivity contribution in [2.24, 2.45) is 39.9 Å². The molecule has 0 aliphatic heterocycles. The maximum atomic E-state index is 12.1. The van der Waals surface area contributed by atoms with Crippen molar-refractivity contribution in [3.8, 4) is 6.07 Å². The lowest BCUT2D eigenvalue weighted by Crippen LogP contribution is -2.50. The molecule has 1 spiro atoms. The van der Waals surface area contributed by atoms with E-state index >= 15 is 0 Å². The number of carbonyl (C=O) groups is 1. The van der Waals surface area contributed by atoms with Gasteiger partial charge in [-0.25, -0.2) is 0 Å². The SMILES string of the molecule is C=C1C[C@H]2[C@@H]3CC4(CC4)C4=CC(=O)CC[C@@H]4[C@H]3CC[C@]2(C)[C@@]1(C)C#N. The van der Waals surface area contributed by atoms with Crippen molar-refractivity contribution >= 4 is 5.78 Å². The van der Waals surface area contributed by atoms with Crippen molar-refractivity contribution in [2.45, 2.75) is 65.2 Å². The lowest BCUT2D eigenvalue weighted by Gasteiger charge is -2.56. The van der Waals surface area contributed by atoms with Crippen LogP contribution in [0.25, 0.3) is 0 Å². The highest BCUT2D eigenvalue weighted by molar-refractivity contribution is 5.91. The predicted molar refractivity (Wildman–Crippen MR) is 97.4 cm³/mol. The molecule has 5 aliphatic carbocycles. The molecule has 4 fully saturated rings. The summed E-state index contributed by atoms with van der Waals surface area (Å²) in [5.74, 6) is 3.08. The Hall–Kier alpha value is -1.36. The first kappa shape index (κ1) is 15.9. The van der Waals surface area contributed by atoms with Crippen molar-refractivity contribution in [1.29, 1.82) is 5.26 Å². The van der Waals surface area contributed by atoms with Crippen LogP contribution in [0.4, 0.5) is 0 Å². The molecule has 0 saturated heterocycles. The van der Waals surface area contributed by atoms with Crippen molar-refractivity contribution in [2.75, 3.05) is 0 Å². The van der Waals surface area contributed by atoms with Crippen molar-refractivity contribution in [3.05, 3.63) is 23.8 Å². The first-order valence-corrected chi connectivity index (χ1v) is 10.2. The normalized spacial score (nSPS) is 49.7. The number of nitriles is 1. The largest absolute Gasteiger partial charge is 0.295 e. The molecule has 5 rings (SSSR count). The van der Waals surface area contributed by atoms with E-state index in [9.17, 15) is 10.1 Å². The van der Waals surface area contributed by atoms with Crippen LogP contribution in [0.2, 0.25) is 0 Å². The Morgan fingerprint density at radius 3 is 2.64 bits per heavy atom. The van der Waals surface area contributed by atoms with Crippen LogP contribution in [0.3, 0.4) is 0 Å². The van der Waals surface area contributed by atoms with Crippen LogP contribution >= 0.6 is 0 Å². The van der Waals surface area contributed by atoms with Gasteiger partial charge < -0.3 is 0 Å². The molecular formula is C23H29NO. The first-order valence-electron chi connectivity index (χ1n) is 10.2. The van der Waals surface area contributed by atoms with Gasteiger partial charge in [0.2, 0.25) is 0 Å². The lowest BCUT2D eigenvalue weighted by atomic mass is 9.47. The number of nitrogens with zero attached hydrogens (tertiary/aromatic N) is 1. The summed E-state index contributed by atoms with van der Waals surface area (Å²) < 4.78 is 0. The summed E-state index contributed by atoms with van der Waals surface area (Å²) in [4.78, 5) is 12.1. The second-order valence-electron chi connectivity index (χ2n) is 10.1. The van der Waals surface area contributed by atoms with Crippen molar-refractivity contribution in [1.82, 2.24) is 0 Å². The average Bonchev–Trinajstić information content (AvgIpc) is 3.33. The molecule has 5 aliphatic rings. The van der Waals surface area contributed by atoms with Crippen LogP contribution in [0.1, 0.15) is 65.2 Å². The highest BCUT2D eigenvalue weighted by atomic mass is 16.1. The molecule has 0 heterocycles. The summed E-state index contributed by atoms with van der Waals surface area (Å²) in [7, 11) is 0. The molecule has 25 heavy (non-hydrogen) atoms. The number of rotatable bonds is 0. The second kappa shape index (κ2) is 4.67. The molecule has 0 N–H and O–H groups in total. The Morgan fingerprint density at radius 2 is 1.96 bits per heavy atom. The molecule has 0 bridgehead atoms. The topological polar surface area (TPSA) is 40.9 Å². The maximum Gasteiger partial charge on any atom is 0.155 e. The fourth-order valence-corrected chi connectivity index (χ4v) is 7.52. The minimum absolute atomic E-state index is 0.0851. The number of carbonyl (C=O) groups excluding carboxylic acids is 1. The van der Waals surface area contributed by atoms with E-state index in [0.29, 0.717) is 23.0 Å². The number of fused-ring (bicyclic) bond motifs is 6. The van der Waals surface area contributed by atoms with Gasteiger partial charge in [0.05, 0.1) is 11.5 Å². The molecule has 132 valence electrons. The fourth-order valence-electron chi connectivity index (χ4n) is 7.52. The summed E-state index contributed by atoms with van der Waals surface area (Å²) in [6.07, 6.45) is 11.1. The Bertz CT molecular complexity index is 751. The van der Waals surface area contributed by atoms with Crippen LogP contribution in [-0.4, -0.2) is 5.78 Å². The zero-order valence-electron chi connectivity index (χ0n) is 15.6. The van der Waals surface area contributed by atoms with Crippen molar-refractivity contribution < 1.29 is 4.79 Å². The number of ketones is 1. The van der Waals surface area contributed by atoms with Crippen LogP contribution in [0.5, 0.6) is 0 Å². The van der Waals surface area contributed by atoms with Crippen LogP contribution in [0, 0.1) is 51.2 Å². The quantitative estimate of drug-likeness (QED) is 0.570. The molecule has 0 radical (unpaired) electrons. The fraction of sp³-hybridized carbons (Fsp3) is 0.739. The third kappa shape index (κ3) is 1.78. The van der Waals surface area contributed by atoms with Gasteiger partial charge in [-0.3, -0.25) is 4.79 Å². The van der Waals surface area contributed by atoms with Gasteiger partial charge in [-0.05, 0) is 92.4 Å². The van der Waals surface area contributed by atoms with E-state index in [1.54, 1.807) is 0 Å². The van der Waals surface area contributed by atoms with Gasteiger partial charge in [-0.15, -0.1) is 0 Å². The highest BCUT2D eigenvalue weighted by Gasteiger charge is 2.66. The average molecular weight is 335 g/mol. The Labute approximate surface area is 151 Å². The van der Waals surface area contributed by atoms with Gasteiger partial charge in [0.1, 0.15) is 0 Å².